The minimum Gasteiger partial charge on any atom is -0.396 e. The van der Waals surface area contributed by atoms with Gasteiger partial charge in [0.2, 0.25) is 10.0 Å². The summed E-state index contributed by atoms with van der Waals surface area (Å²) in [4.78, 5) is 0. The normalized spacial score (nSPS) is 12.4. The van der Waals surface area contributed by atoms with Crippen LogP contribution in [-0.2, 0) is 15.8 Å². The molecule has 0 radical (unpaired) electrons. The van der Waals surface area contributed by atoms with Crippen LogP contribution in [0.25, 0.3) is 0 Å². The molecule has 0 saturated carbocycles. The van der Waals surface area contributed by atoms with Gasteiger partial charge in [-0.05, 0) is 17.7 Å². The van der Waals surface area contributed by atoms with E-state index in [9.17, 15) is 8.42 Å². The molecule has 0 heterocycles. The molecule has 1 aromatic rings. The van der Waals surface area contributed by atoms with Crippen LogP contribution in [0.3, 0.4) is 0 Å². The maximum absolute atomic E-state index is 10.9. The Morgan fingerprint density at radius 3 is 2.28 bits per heavy atom. The van der Waals surface area contributed by atoms with Gasteiger partial charge in [-0.2, -0.15) is 0 Å². The molecule has 6 heteroatoms. The number of anilines is 1. The van der Waals surface area contributed by atoms with Gasteiger partial charge in [0.15, 0.2) is 0 Å². The van der Waals surface area contributed by atoms with E-state index in [4.69, 9.17) is 10.2 Å². The second kappa shape index (κ2) is 5.69. The molecule has 0 aliphatic carbocycles. The molecule has 0 atom stereocenters. The lowest BCUT2D eigenvalue weighted by Crippen LogP contribution is -2.26. The monoisotopic (exact) mass is 272 g/mol. The number of rotatable bonds is 6. The second-order valence-corrected chi connectivity index (χ2v) is 6.79. The Morgan fingerprint density at radius 2 is 1.83 bits per heavy atom. The topological polar surface area (TPSA) is 92.4 Å². The molecule has 5 nitrogen and oxygen atoms in total. The highest BCUT2D eigenvalue weighted by Crippen LogP contribution is 2.16. The van der Waals surface area contributed by atoms with Gasteiger partial charge in [0.1, 0.15) is 0 Å². The van der Waals surface area contributed by atoms with Crippen LogP contribution in [0, 0.1) is 5.41 Å². The average Bonchev–Trinajstić information content (AvgIpc) is 2.26. The largest absolute Gasteiger partial charge is 0.396 e. The van der Waals surface area contributed by atoms with Gasteiger partial charge in [-0.15, -0.1) is 0 Å². The molecule has 0 fully saturated rings. The Balaban J connectivity index is 2.61. The van der Waals surface area contributed by atoms with Gasteiger partial charge in [0, 0.05) is 24.3 Å². The zero-order valence-electron chi connectivity index (χ0n) is 10.7. The number of aliphatic hydroxyl groups is 1. The molecule has 102 valence electrons. The van der Waals surface area contributed by atoms with Crippen molar-refractivity contribution in [3.05, 3.63) is 29.8 Å². The minimum absolute atomic E-state index is 0.101. The lowest BCUT2D eigenvalue weighted by Gasteiger charge is -2.22. The van der Waals surface area contributed by atoms with Gasteiger partial charge >= 0.3 is 0 Å². The molecule has 1 rings (SSSR count). The van der Waals surface area contributed by atoms with Crippen LogP contribution in [0.1, 0.15) is 19.4 Å². The van der Waals surface area contributed by atoms with Crippen LogP contribution >= 0.6 is 0 Å². The first-order valence-corrected chi connectivity index (χ1v) is 7.37. The zero-order valence-corrected chi connectivity index (χ0v) is 11.5. The van der Waals surface area contributed by atoms with Crippen molar-refractivity contribution in [2.75, 3.05) is 18.5 Å². The predicted molar refractivity (Wildman–Crippen MR) is 72.6 cm³/mol. The number of primary sulfonamides is 1. The predicted octanol–water partition coefficient (Wildman–Crippen LogP) is 0.906. The molecule has 1 aromatic carbocycles. The van der Waals surface area contributed by atoms with E-state index in [-0.39, 0.29) is 17.8 Å². The zero-order chi connectivity index (χ0) is 13.8. The van der Waals surface area contributed by atoms with Gasteiger partial charge in [0.05, 0.1) is 5.75 Å². The van der Waals surface area contributed by atoms with E-state index in [2.05, 4.69) is 5.32 Å². The molecule has 18 heavy (non-hydrogen) atoms. The maximum atomic E-state index is 10.9. The Hall–Kier alpha value is -1.11. The molecule has 4 N–H and O–H groups in total. The molecule has 0 unspecified atom stereocenters. The smallest absolute Gasteiger partial charge is 0.213 e. The van der Waals surface area contributed by atoms with Crippen LogP contribution in [-0.4, -0.2) is 26.7 Å². The Morgan fingerprint density at radius 1 is 1.28 bits per heavy atom. The van der Waals surface area contributed by atoms with Crippen LogP contribution in [0.5, 0.6) is 0 Å². The van der Waals surface area contributed by atoms with Crippen molar-refractivity contribution in [2.24, 2.45) is 10.6 Å². The van der Waals surface area contributed by atoms with E-state index in [1.54, 1.807) is 24.3 Å². The van der Waals surface area contributed by atoms with E-state index in [1.807, 2.05) is 13.8 Å². The van der Waals surface area contributed by atoms with Gasteiger partial charge in [0.25, 0.3) is 0 Å². The Labute approximate surface area is 108 Å². The lowest BCUT2D eigenvalue weighted by atomic mass is 9.95. The highest BCUT2D eigenvalue weighted by molar-refractivity contribution is 7.88. The minimum atomic E-state index is -3.48. The molecular weight excluding hydrogens is 252 g/mol. The summed E-state index contributed by atoms with van der Waals surface area (Å²) < 4.78 is 21.8. The van der Waals surface area contributed by atoms with Crippen LogP contribution in [0.15, 0.2) is 24.3 Å². The summed E-state index contributed by atoms with van der Waals surface area (Å²) in [7, 11) is -3.48. The van der Waals surface area contributed by atoms with Crippen molar-refractivity contribution in [3.63, 3.8) is 0 Å². The quantitative estimate of drug-likeness (QED) is 0.717. The fourth-order valence-electron chi connectivity index (χ4n) is 1.35. The summed E-state index contributed by atoms with van der Waals surface area (Å²) in [6.45, 7) is 4.65. The average molecular weight is 272 g/mol. The second-order valence-electron chi connectivity index (χ2n) is 5.18. The molecule has 0 aliphatic rings. The SMILES string of the molecule is CC(C)(CO)CNc1ccc(CS(N)(=O)=O)cc1. The number of hydrogen-bond acceptors (Lipinski definition) is 4. The summed E-state index contributed by atoms with van der Waals surface area (Å²) in [6, 6.07) is 7.04. The van der Waals surface area contributed by atoms with E-state index < -0.39 is 10.0 Å². The van der Waals surface area contributed by atoms with E-state index in [0.29, 0.717) is 12.1 Å². The van der Waals surface area contributed by atoms with Crippen molar-refractivity contribution >= 4 is 15.7 Å². The molecule has 0 aliphatic heterocycles. The first kappa shape index (κ1) is 14.9. The summed E-state index contributed by atoms with van der Waals surface area (Å²) in [5.74, 6) is -0.157. The van der Waals surface area contributed by atoms with Gasteiger partial charge in [-0.25, -0.2) is 13.6 Å². The molecular formula is C12H20N2O3S. The van der Waals surface area contributed by atoms with Crippen molar-refractivity contribution < 1.29 is 13.5 Å². The first-order chi connectivity index (χ1) is 8.22. The van der Waals surface area contributed by atoms with Crippen molar-refractivity contribution in [1.82, 2.24) is 0 Å². The van der Waals surface area contributed by atoms with E-state index >= 15 is 0 Å². The summed E-state index contributed by atoms with van der Waals surface area (Å²) in [5.41, 5.74) is 1.35. The number of hydrogen-bond donors (Lipinski definition) is 3. The van der Waals surface area contributed by atoms with Gasteiger partial charge in [-0.1, -0.05) is 26.0 Å². The number of nitrogens with one attached hydrogen (secondary N) is 1. The summed E-state index contributed by atoms with van der Waals surface area (Å²) in [6.07, 6.45) is 0. The molecule has 0 bridgehead atoms. The fraction of sp³-hybridized carbons (Fsp3) is 0.500. The standard InChI is InChI=1S/C12H20N2O3S/c1-12(2,9-15)8-14-11-5-3-10(4-6-11)7-18(13,16)17/h3-6,14-15H,7-9H2,1-2H3,(H2,13,16,17). The number of benzene rings is 1. The van der Waals surface area contributed by atoms with Crippen molar-refractivity contribution in [2.45, 2.75) is 19.6 Å². The fourth-order valence-corrected chi connectivity index (χ4v) is 2.01. The number of nitrogens with two attached hydrogens (primary N) is 1. The molecule has 0 aromatic heterocycles. The van der Waals surface area contributed by atoms with E-state index in [1.165, 1.54) is 0 Å². The first-order valence-electron chi connectivity index (χ1n) is 5.66. The van der Waals surface area contributed by atoms with Crippen LogP contribution < -0.4 is 10.5 Å². The Kier molecular flexibility index (Phi) is 4.72. The molecule has 0 amide bonds. The highest BCUT2D eigenvalue weighted by atomic mass is 32.2. The molecule has 0 saturated heterocycles. The molecule has 0 spiro atoms. The number of sulfonamides is 1. The third-order valence-corrected chi connectivity index (χ3v) is 3.26. The third-order valence-electron chi connectivity index (χ3n) is 2.52. The third kappa shape index (κ3) is 5.48. The van der Waals surface area contributed by atoms with Crippen LogP contribution in [0.4, 0.5) is 5.69 Å². The van der Waals surface area contributed by atoms with Crippen LogP contribution in [0.2, 0.25) is 0 Å². The van der Waals surface area contributed by atoms with Crippen molar-refractivity contribution in [1.29, 1.82) is 0 Å². The maximum Gasteiger partial charge on any atom is 0.213 e. The highest BCUT2D eigenvalue weighted by Gasteiger charge is 2.15. The van der Waals surface area contributed by atoms with Gasteiger partial charge < -0.3 is 10.4 Å². The summed E-state index contributed by atoms with van der Waals surface area (Å²) in [5, 5.41) is 17.3. The van der Waals surface area contributed by atoms with Crippen molar-refractivity contribution in [3.8, 4) is 0 Å². The number of aliphatic hydroxyl groups excluding tert-OH is 1. The summed E-state index contributed by atoms with van der Waals surface area (Å²) >= 11 is 0. The van der Waals surface area contributed by atoms with E-state index in [0.717, 1.165) is 5.69 Å². The lowest BCUT2D eigenvalue weighted by molar-refractivity contribution is 0.171. The Bertz CT molecular complexity index is 481. The van der Waals surface area contributed by atoms with Gasteiger partial charge in [-0.3, -0.25) is 0 Å².